The summed E-state index contributed by atoms with van der Waals surface area (Å²) in [6.07, 6.45) is 0. The summed E-state index contributed by atoms with van der Waals surface area (Å²) in [5.41, 5.74) is 18.4. The number of nitrogens with zero attached hydrogens (tertiary/aromatic N) is 4. The third-order valence-electron chi connectivity index (χ3n) is 15.4. The maximum atomic E-state index is 2.52. The first-order chi connectivity index (χ1) is 37.7. The molecule has 0 amide bonds. The molecule has 0 aliphatic carbocycles. The van der Waals surface area contributed by atoms with E-state index in [1.54, 1.807) is 0 Å². The van der Waals surface area contributed by atoms with E-state index in [0.29, 0.717) is 0 Å². The van der Waals surface area contributed by atoms with Gasteiger partial charge >= 0.3 is 0 Å². The Morgan fingerprint density at radius 2 is 0.776 bits per heavy atom. The van der Waals surface area contributed by atoms with Crippen molar-refractivity contribution in [3.63, 3.8) is 0 Å². The van der Waals surface area contributed by atoms with E-state index in [-0.39, 0.29) is 0 Å². The van der Waals surface area contributed by atoms with Gasteiger partial charge in [-0.3, -0.25) is 0 Å². The Bertz CT molecular complexity index is 4430. The fraction of sp³-hybridized carbons (Fsp3) is 0. The molecule has 4 nitrogen and oxygen atoms in total. The van der Waals surface area contributed by atoms with E-state index >= 15 is 0 Å². The van der Waals surface area contributed by atoms with Crippen molar-refractivity contribution < 1.29 is 0 Å². The predicted octanol–water partition coefficient (Wildman–Crippen LogP) is 20.3. The Hall–Kier alpha value is -10.2. The molecule has 0 spiro atoms. The number of anilines is 9. The Balaban J connectivity index is 0.934. The van der Waals surface area contributed by atoms with E-state index in [1.165, 1.54) is 65.5 Å². The lowest BCUT2D eigenvalue weighted by atomic mass is 9.84. The summed E-state index contributed by atoms with van der Waals surface area (Å²) in [5, 5.41) is 9.67. The molecule has 0 radical (unpaired) electrons. The third kappa shape index (κ3) is 7.07. The summed E-state index contributed by atoms with van der Waals surface area (Å²) in [7, 11) is 0. The Morgan fingerprint density at radius 1 is 0.263 bits per heavy atom. The predicted molar refractivity (Wildman–Crippen MR) is 322 cm³/mol. The normalized spacial score (nSPS) is 11.9. The minimum atomic E-state index is 1.10. The van der Waals surface area contributed by atoms with Gasteiger partial charge < -0.3 is 19.3 Å². The topological polar surface area (TPSA) is 14.7 Å². The van der Waals surface area contributed by atoms with Crippen molar-refractivity contribution in [2.24, 2.45) is 0 Å². The van der Waals surface area contributed by atoms with Crippen molar-refractivity contribution >= 4 is 105 Å². The molecular formula is C72H48N4. The first-order valence-electron chi connectivity index (χ1n) is 26.1. The second kappa shape index (κ2) is 17.8. The van der Waals surface area contributed by atoms with E-state index in [2.05, 4.69) is 310 Å². The number of hydrogen-bond donors (Lipinski definition) is 0. The van der Waals surface area contributed by atoms with Gasteiger partial charge in [-0.1, -0.05) is 164 Å². The lowest BCUT2D eigenvalue weighted by Crippen LogP contribution is -2.15. The zero-order chi connectivity index (χ0) is 50.1. The average Bonchev–Trinajstić information content (AvgIpc) is 3.94. The van der Waals surface area contributed by atoms with E-state index in [1.807, 2.05) is 0 Å². The molecule has 0 fully saturated rings. The maximum absolute atomic E-state index is 2.52. The highest BCUT2D eigenvalue weighted by Gasteiger charge is 2.30. The Morgan fingerprint density at radius 3 is 1.42 bits per heavy atom. The van der Waals surface area contributed by atoms with Crippen molar-refractivity contribution in [1.82, 2.24) is 4.57 Å². The average molecular weight is 969 g/mol. The lowest BCUT2D eigenvalue weighted by Gasteiger charge is -2.35. The smallest absolute Gasteiger partial charge is 0.0553 e. The minimum absolute atomic E-state index is 1.10. The molecule has 76 heavy (non-hydrogen) atoms. The molecule has 0 unspecified atom stereocenters. The first-order valence-corrected chi connectivity index (χ1v) is 26.1. The summed E-state index contributed by atoms with van der Waals surface area (Å²) < 4.78 is 2.42. The van der Waals surface area contributed by atoms with E-state index in [0.717, 1.165) is 67.8 Å². The van der Waals surface area contributed by atoms with Gasteiger partial charge in [-0.2, -0.15) is 0 Å². The van der Waals surface area contributed by atoms with Crippen LogP contribution in [0.1, 0.15) is 0 Å². The molecule has 1 aromatic heterocycles. The molecule has 0 N–H and O–H groups in total. The number of hydrogen-bond acceptors (Lipinski definition) is 3. The molecule has 14 aromatic rings. The van der Waals surface area contributed by atoms with Crippen molar-refractivity contribution in [2.45, 2.75) is 0 Å². The summed E-state index contributed by atoms with van der Waals surface area (Å²) in [6.45, 7) is 0. The molecule has 4 heteroatoms. The van der Waals surface area contributed by atoms with Crippen LogP contribution in [0.3, 0.4) is 0 Å². The molecule has 0 saturated carbocycles. The van der Waals surface area contributed by atoms with Gasteiger partial charge in [-0.05, 0) is 171 Å². The largest absolute Gasteiger partial charge is 0.310 e. The quantitative estimate of drug-likeness (QED) is 0.143. The molecule has 0 saturated heterocycles. The van der Waals surface area contributed by atoms with Crippen LogP contribution < -0.4 is 14.7 Å². The standard InChI is InChI=1S/C72H48N4/c1-6-22-53(23-7-1)73(54-24-8-2-9-25-54)58-39-36-51-45-59(40-37-50(51)44-58)76-69-35-19-21-49-20-18-34-63(71(49)69)72-62-33-17-16-32-61(62)64(48-70(72)76)52-38-42-67-65(46-52)66-47-60(41-43-68(66)75(67)57-30-14-5-15-31-57)74(55-26-10-3-11-27-55)56-28-12-4-13-29-56/h1-48H. The van der Waals surface area contributed by atoms with Crippen molar-refractivity contribution in [3.8, 4) is 27.9 Å². The number of aromatic nitrogens is 1. The van der Waals surface area contributed by atoms with Crippen LogP contribution in [-0.4, -0.2) is 4.57 Å². The van der Waals surface area contributed by atoms with Crippen LogP contribution in [0.4, 0.5) is 51.2 Å². The molecular weight excluding hydrogens is 921 g/mol. The molecule has 0 atom stereocenters. The van der Waals surface area contributed by atoms with E-state index < -0.39 is 0 Å². The molecule has 15 rings (SSSR count). The monoisotopic (exact) mass is 968 g/mol. The van der Waals surface area contributed by atoms with Crippen molar-refractivity contribution in [1.29, 1.82) is 0 Å². The van der Waals surface area contributed by atoms with E-state index in [9.17, 15) is 0 Å². The summed E-state index contributed by atoms with van der Waals surface area (Å²) in [5.74, 6) is 0. The van der Waals surface area contributed by atoms with Gasteiger partial charge in [0.15, 0.2) is 0 Å². The van der Waals surface area contributed by atoms with Crippen LogP contribution in [0, 0.1) is 0 Å². The number of fused-ring (bicyclic) bond motifs is 8. The summed E-state index contributed by atoms with van der Waals surface area (Å²) >= 11 is 0. The summed E-state index contributed by atoms with van der Waals surface area (Å²) in [4.78, 5) is 7.20. The van der Waals surface area contributed by atoms with Crippen LogP contribution in [0.15, 0.2) is 291 Å². The third-order valence-corrected chi connectivity index (χ3v) is 15.4. The van der Waals surface area contributed by atoms with Crippen LogP contribution in [0.2, 0.25) is 0 Å². The van der Waals surface area contributed by atoms with Crippen LogP contribution in [0.25, 0.3) is 82.1 Å². The Kier molecular flexibility index (Phi) is 10.2. The lowest BCUT2D eigenvalue weighted by molar-refractivity contribution is 1.18. The van der Waals surface area contributed by atoms with Gasteiger partial charge in [-0.15, -0.1) is 0 Å². The van der Waals surface area contributed by atoms with Crippen LogP contribution in [-0.2, 0) is 0 Å². The zero-order valence-electron chi connectivity index (χ0n) is 41.5. The van der Waals surface area contributed by atoms with Crippen LogP contribution in [0.5, 0.6) is 0 Å². The second-order valence-corrected chi connectivity index (χ2v) is 19.7. The Labute approximate surface area is 441 Å². The second-order valence-electron chi connectivity index (χ2n) is 19.7. The van der Waals surface area contributed by atoms with Gasteiger partial charge in [0.05, 0.1) is 22.4 Å². The fourth-order valence-electron chi connectivity index (χ4n) is 12.1. The van der Waals surface area contributed by atoms with Gasteiger partial charge in [0.25, 0.3) is 0 Å². The van der Waals surface area contributed by atoms with Crippen LogP contribution >= 0.6 is 0 Å². The highest BCUT2D eigenvalue weighted by molar-refractivity contribution is 6.22. The van der Waals surface area contributed by atoms with Gasteiger partial charge in [-0.25, -0.2) is 0 Å². The molecule has 2 heterocycles. The van der Waals surface area contributed by atoms with Gasteiger partial charge in [0.2, 0.25) is 0 Å². The SMILES string of the molecule is c1ccc(N(c2ccccc2)c2ccc3cc(N4c5cc(-c6ccc7c(c6)c6cc(N(c8ccccc8)c8ccccc8)ccc6n7-c6ccccc6)c6ccccc6c5-c5cccc6cccc4c56)ccc3c2)cc1. The highest BCUT2D eigenvalue weighted by Crippen LogP contribution is 2.55. The van der Waals surface area contributed by atoms with Crippen molar-refractivity contribution in [3.05, 3.63) is 291 Å². The molecule has 356 valence electrons. The molecule has 1 aliphatic heterocycles. The molecule has 13 aromatic carbocycles. The number of rotatable bonds is 9. The molecule has 0 bridgehead atoms. The zero-order valence-corrected chi connectivity index (χ0v) is 41.5. The van der Waals surface area contributed by atoms with Crippen molar-refractivity contribution in [2.75, 3.05) is 14.7 Å². The fourth-order valence-corrected chi connectivity index (χ4v) is 12.1. The minimum Gasteiger partial charge on any atom is -0.310 e. The summed E-state index contributed by atoms with van der Waals surface area (Å²) in [6, 6.07) is 106. The van der Waals surface area contributed by atoms with Gasteiger partial charge in [0.1, 0.15) is 0 Å². The first kappa shape index (κ1) is 43.4. The van der Waals surface area contributed by atoms with E-state index in [4.69, 9.17) is 0 Å². The maximum Gasteiger partial charge on any atom is 0.0553 e. The highest BCUT2D eigenvalue weighted by atomic mass is 15.2. The number of para-hydroxylation sites is 5. The molecule has 1 aliphatic rings. The van der Waals surface area contributed by atoms with Gasteiger partial charge in [0, 0.05) is 67.2 Å². The number of benzene rings is 13.